The number of furan rings is 1. The van der Waals surface area contributed by atoms with Crippen molar-refractivity contribution in [2.75, 3.05) is 0 Å². The molecule has 3 N–H and O–H groups in total. The second-order valence-electron chi connectivity index (χ2n) is 6.61. The van der Waals surface area contributed by atoms with Gasteiger partial charge < -0.3 is 9.73 Å². The second kappa shape index (κ2) is 9.41. The molecule has 3 amide bonds. The molecule has 0 saturated heterocycles. The van der Waals surface area contributed by atoms with Crippen LogP contribution in [0, 0.1) is 19.8 Å². The lowest BCUT2D eigenvalue weighted by Gasteiger charge is -2.23. The van der Waals surface area contributed by atoms with Crippen LogP contribution < -0.4 is 16.2 Å². The first-order valence-corrected chi connectivity index (χ1v) is 9.34. The predicted octanol–water partition coefficient (Wildman–Crippen LogP) is 3.16. The summed E-state index contributed by atoms with van der Waals surface area (Å²) < 4.78 is 5.32. The zero-order valence-electron chi connectivity index (χ0n) is 16.3. The molecule has 0 spiro atoms. The van der Waals surface area contributed by atoms with E-state index in [-0.39, 0.29) is 5.92 Å². The monoisotopic (exact) mass is 405 g/mol. The Bertz CT molecular complexity index is 861. The van der Waals surface area contributed by atoms with Crippen LogP contribution in [0.15, 0.2) is 34.7 Å². The number of aryl methyl sites for hydroxylation is 2. The summed E-state index contributed by atoms with van der Waals surface area (Å²) in [5.74, 6) is -0.492. The van der Waals surface area contributed by atoms with Gasteiger partial charge >= 0.3 is 0 Å². The Hall–Kier alpha value is -2.80. The third-order valence-electron chi connectivity index (χ3n) is 4.47. The number of hydrogen-bond acceptors (Lipinski definition) is 4. The van der Waals surface area contributed by atoms with Crippen molar-refractivity contribution in [1.29, 1.82) is 0 Å². The number of rotatable bonds is 6. The normalized spacial score (nSPS) is 12.8. The molecule has 28 heavy (non-hydrogen) atoms. The van der Waals surface area contributed by atoms with Crippen molar-refractivity contribution >= 4 is 29.3 Å². The minimum absolute atomic E-state index is 0.147. The molecule has 0 aliphatic carbocycles. The minimum atomic E-state index is -0.819. The highest BCUT2D eigenvalue weighted by molar-refractivity contribution is 6.30. The van der Waals surface area contributed by atoms with E-state index in [4.69, 9.17) is 16.0 Å². The van der Waals surface area contributed by atoms with Crippen LogP contribution in [0.2, 0.25) is 5.02 Å². The summed E-state index contributed by atoms with van der Waals surface area (Å²) in [5.41, 5.74) is 5.47. The van der Waals surface area contributed by atoms with E-state index in [1.807, 2.05) is 13.8 Å². The molecule has 0 fully saturated rings. The minimum Gasteiger partial charge on any atom is -0.466 e. The Morgan fingerprint density at radius 2 is 1.71 bits per heavy atom. The Morgan fingerprint density at radius 3 is 2.25 bits per heavy atom. The number of hydrogen-bond donors (Lipinski definition) is 3. The fourth-order valence-electron chi connectivity index (χ4n) is 2.65. The van der Waals surface area contributed by atoms with Crippen molar-refractivity contribution in [2.45, 2.75) is 40.2 Å². The highest BCUT2D eigenvalue weighted by Crippen LogP contribution is 2.14. The van der Waals surface area contributed by atoms with Crippen molar-refractivity contribution in [3.05, 3.63) is 58.0 Å². The number of benzene rings is 1. The highest BCUT2D eigenvalue weighted by Gasteiger charge is 2.27. The van der Waals surface area contributed by atoms with Crippen LogP contribution in [0.1, 0.15) is 52.5 Å². The zero-order valence-corrected chi connectivity index (χ0v) is 17.0. The number of nitrogens with one attached hydrogen (secondary N) is 3. The molecule has 1 aromatic carbocycles. The largest absolute Gasteiger partial charge is 0.466 e. The summed E-state index contributed by atoms with van der Waals surface area (Å²) in [6.45, 7) is 7.15. The first-order valence-electron chi connectivity index (χ1n) is 8.96. The van der Waals surface area contributed by atoms with Crippen LogP contribution in [0.25, 0.3) is 0 Å². The Labute approximate surface area is 168 Å². The van der Waals surface area contributed by atoms with Gasteiger partial charge in [0, 0.05) is 10.6 Å². The van der Waals surface area contributed by atoms with E-state index >= 15 is 0 Å². The van der Waals surface area contributed by atoms with E-state index in [0.29, 0.717) is 34.1 Å². The van der Waals surface area contributed by atoms with Gasteiger partial charge in [0.2, 0.25) is 0 Å². The van der Waals surface area contributed by atoms with E-state index in [9.17, 15) is 14.4 Å². The Kier molecular flexibility index (Phi) is 7.23. The molecule has 1 aromatic heterocycles. The summed E-state index contributed by atoms with van der Waals surface area (Å²) in [4.78, 5) is 37.3. The summed E-state index contributed by atoms with van der Waals surface area (Å²) >= 11 is 5.84. The van der Waals surface area contributed by atoms with Crippen molar-refractivity contribution in [3.8, 4) is 0 Å². The summed E-state index contributed by atoms with van der Waals surface area (Å²) in [7, 11) is 0. The van der Waals surface area contributed by atoms with Gasteiger partial charge in [0.1, 0.15) is 17.6 Å². The van der Waals surface area contributed by atoms with E-state index in [2.05, 4.69) is 16.2 Å². The van der Waals surface area contributed by atoms with Crippen molar-refractivity contribution in [2.24, 2.45) is 5.92 Å². The maximum Gasteiger partial charge on any atom is 0.273 e. The van der Waals surface area contributed by atoms with Crippen LogP contribution in [-0.4, -0.2) is 23.8 Å². The molecule has 0 saturated carbocycles. The van der Waals surface area contributed by atoms with Crippen LogP contribution >= 0.6 is 11.6 Å². The molecular weight excluding hydrogens is 382 g/mol. The molecule has 0 aliphatic heterocycles. The van der Waals surface area contributed by atoms with Gasteiger partial charge in [0.05, 0.1) is 5.56 Å². The standard InChI is InChI=1S/C20H24ClN3O4/c1-5-11(2)17(22-18(25)14-6-8-15(21)9-7-14)20(27)24-23-19(26)16-10-12(3)28-13(16)4/h6-11,17H,5H2,1-4H3,(H,22,25)(H,23,26)(H,24,27). The number of amides is 3. The lowest BCUT2D eigenvalue weighted by atomic mass is 9.98. The highest BCUT2D eigenvalue weighted by atomic mass is 35.5. The third-order valence-corrected chi connectivity index (χ3v) is 4.73. The van der Waals surface area contributed by atoms with E-state index < -0.39 is 23.8 Å². The lowest BCUT2D eigenvalue weighted by Crippen LogP contribution is -2.54. The van der Waals surface area contributed by atoms with Gasteiger partial charge in [0.25, 0.3) is 17.7 Å². The molecule has 2 aromatic rings. The fraction of sp³-hybridized carbons (Fsp3) is 0.350. The predicted molar refractivity (Wildman–Crippen MR) is 106 cm³/mol. The first kappa shape index (κ1) is 21.5. The molecule has 1 heterocycles. The molecule has 8 heteroatoms. The van der Waals surface area contributed by atoms with E-state index in [1.165, 1.54) is 0 Å². The topological polar surface area (TPSA) is 100 Å². The molecule has 0 bridgehead atoms. The number of hydrazine groups is 1. The quantitative estimate of drug-likeness (QED) is 0.642. The smallest absolute Gasteiger partial charge is 0.273 e. The average molecular weight is 406 g/mol. The van der Waals surface area contributed by atoms with Crippen molar-refractivity contribution in [1.82, 2.24) is 16.2 Å². The van der Waals surface area contributed by atoms with Crippen molar-refractivity contribution in [3.63, 3.8) is 0 Å². The van der Waals surface area contributed by atoms with Gasteiger partial charge in [0.15, 0.2) is 0 Å². The van der Waals surface area contributed by atoms with Crippen LogP contribution in [-0.2, 0) is 4.79 Å². The molecule has 150 valence electrons. The number of carbonyl (C=O) groups excluding carboxylic acids is 3. The van der Waals surface area contributed by atoms with Gasteiger partial charge in [-0.25, -0.2) is 0 Å². The molecular formula is C20H24ClN3O4. The van der Waals surface area contributed by atoms with Gasteiger partial charge in [-0.2, -0.15) is 0 Å². The van der Waals surface area contributed by atoms with Gasteiger partial charge in [-0.05, 0) is 50.1 Å². The second-order valence-corrected chi connectivity index (χ2v) is 7.05. The molecule has 7 nitrogen and oxygen atoms in total. The number of carbonyl (C=O) groups is 3. The van der Waals surface area contributed by atoms with Gasteiger partial charge in [-0.15, -0.1) is 0 Å². The maximum absolute atomic E-state index is 12.6. The summed E-state index contributed by atoms with van der Waals surface area (Å²) in [6, 6.07) is 7.13. The average Bonchev–Trinajstić information content (AvgIpc) is 3.01. The van der Waals surface area contributed by atoms with Crippen molar-refractivity contribution < 1.29 is 18.8 Å². The zero-order chi connectivity index (χ0) is 20.8. The van der Waals surface area contributed by atoms with Gasteiger partial charge in [-0.1, -0.05) is 31.9 Å². The molecule has 2 atom stereocenters. The lowest BCUT2D eigenvalue weighted by molar-refractivity contribution is -0.124. The summed E-state index contributed by atoms with van der Waals surface area (Å²) in [5, 5.41) is 3.23. The Morgan fingerprint density at radius 1 is 1.07 bits per heavy atom. The van der Waals surface area contributed by atoms with Gasteiger partial charge in [-0.3, -0.25) is 25.2 Å². The maximum atomic E-state index is 12.6. The first-order chi connectivity index (χ1) is 13.2. The van der Waals surface area contributed by atoms with E-state index in [1.54, 1.807) is 44.2 Å². The van der Waals surface area contributed by atoms with Crippen LogP contribution in [0.5, 0.6) is 0 Å². The summed E-state index contributed by atoms with van der Waals surface area (Å²) in [6.07, 6.45) is 0.660. The number of halogens is 1. The third kappa shape index (κ3) is 5.36. The fourth-order valence-corrected chi connectivity index (χ4v) is 2.77. The Balaban J connectivity index is 2.04. The van der Waals surface area contributed by atoms with Crippen LogP contribution in [0.3, 0.4) is 0 Å². The molecule has 2 rings (SSSR count). The molecule has 2 unspecified atom stereocenters. The van der Waals surface area contributed by atoms with E-state index in [0.717, 1.165) is 0 Å². The molecule has 0 radical (unpaired) electrons. The SMILES string of the molecule is CCC(C)C(NC(=O)c1ccc(Cl)cc1)C(=O)NNC(=O)c1cc(C)oc1C. The molecule has 0 aliphatic rings. The van der Waals surface area contributed by atoms with Crippen LogP contribution in [0.4, 0.5) is 0 Å².